The van der Waals surface area contributed by atoms with Gasteiger partial charge in [0, 0.05) is 31.4 Å². The molecule has 2 aliphatic rings. The molecule has 0 spiro atoms. The molecule has 0 radical (unpaired) electrons. The Bertz CT molecular complexity index is 626. The fraction of sp³-hybridized carbons (Fsp3) is 0.647. The van der Waals surface area contributed by atoms with Crippen LogP contribution in [0.15, 0.2) is 12.3 Å². The molecule has 0 bridgehead atoms. The monoisotopic (exact) mass is 347 g/mol. The van der Waals surface area contributed by atoms with E-state index in [1.807, 2.05) is 11.8 Å². The van der Waals surface area contributed by atoms with Crippen LogP contribution in [-0.4, -0.2) is 70.1 Å². The third-order valence-corrected chi connectivity index (χ3v) is 4.97. The molecular formula is C17H25N5O3. The van der Waals surface area contributed by atoms with Crippen LogP contribution in [0, 0.1) is 0 Å². The van der Waals surface area contributed by atoms with E-state index in [-0.39, 0.29) is 24.5 Å². The zero-order valence-electron chi connectivity index (χ0n) is 14.5. The van der Waals surface area contributed by atoms with Gasteiger partial charge in [0.15, 0.2) is 0 Å². The van der Waals surface area contributed by atoms with Crippen LogP contribution in [-0.2, 0) is 4.79 Å². The van der Waals surface area contributed by atoms with Crippen molar-refractivity contribution in [2.24, 2.45) is 0 Å². The molecule has 136 valence electrons. The van der Waals surface area contributed by atoms with Gasteiger partial charge in [0.2, 0.25) is 5.95 Å². The Balaban J connectivity index is 1.52. The van der Waals surface area contributed by atoms with Crippen LogP contribution in [0.25, 0.3) is 0 Å². The Kier molecular flexibility index (Phi) is 5.47. The molecule has 1 saturated heterocycles. The second kappa shape index (κ2) is 7.77. The number of aromatic nitrogens is 2. The maximum absolute atomic E-state index is 12.4. The minimum Gasteiger partial charge on any atom is -0.480 e. The zero-order valence-corrected chi connectivity index (χ0v) is 14.5. The molecule has 1 aliphatic carbocycles. The molecule has 0 atom stereocenters. The predicted molar refractivity (Wildman–Crippen MR) is 92.6 cm³/mol. The first-order chi connectivity index (χ1) is 12.1. The van der Waals surface area contributed by atoms with Gasteiger partial charge in [-0.15, -0.1) is 0 Å². The van der Waals surface area contributed by atoms with Crippen LogP contribution in [0.4, 0.5) is 5.95 Å². The lowest BCUT2D eigenvalue weighted by atomic mass is 9.85. The second-order valence-electron chi connectivity index (χ2n) is 6.69. The van der Waals surface area contributed by atoms with Crippen molar-refractivity contribution < 1.29 is 14.7 Å². The average molecular weight is 347 g/mol. The van der Waals surface area contributed by atoms with E-state index in [1.165, 1.54) is 0 Å². The minimum absolute atomic E-state index is 0.0485. The first-order valence-corrected chi connectivity index (χ1v) is 8.91. The topological polar surface area (TPSA) is 98.7 Å². The Hall–Kier alpha value is -2.22. The van der Waals surface area contributed by atoms with Crippen LogP contribution in [0.2, 0.25) is 0 Å². The lowest BCUT2D eigenvalue weighted by molar-refractivity contribution is -0.139. The third-order valence-electron chi connectivity index (χ3n) is 4.97. The normalized spacial score (nSPS) is 22.7. The van der Waals surface area contributed by atoms with E-state index in [2.05, 4.69) is 20.2 Å². The van der Waals surface area contributed by atoms with Gasteiger partial charge in [-0.1, -0.05) is 6.92 Å². The molecule has 0 aromatic carbocycles. The first-order valence-electron chi connectivity index (χ1n) is 8.91. The Labute approximate surface area is 147 Å². The largest absolute Gasteiger partial charge is 0.480 e. The highest BCUT2D eigenvalue weighted by molar-refractivity contribution is 5.92. The van der Waals surface area contributed by atoms with Gasteiger partial charge < -0.3 is 15.3 Å². The average Bonchev–Trinajstić information content (AvgIpc) is 3.10. The smallest absolute Gasteiger partial charge is 0.317 e. The number of amides is 1. The van der Waals surface area contributed by atoms with Gasteiger partial charge in [-0.3, -0.25) is 14.5 Å². The molecule has 1 saturated carbocycles. The Morgan fingerprint density at radius 2 is 2.08 bits per heavy atom. The van der Waals surface area contributed by atoms with Crippen molar-refractivity contribution in [2.75, 3.05) is 31.1 Å². The Morgan fingerprint density at radius 1 is 1.36 bits per heavy atom. The molecule has 1 amide bonds. The maximum atomic E-state index is 12.4. The highest BCUT2D eigenvalue weighted by atomic mass is 16.4. The van der Waals surface area contributed by atoms with E-state index >= 15 is 0 Å². The summed E-state index contributed by atoms with van der Waals surface area (Å²) >= 11 is 0. The number of nitrogens with zero attached hydrogens (tertiary/aromatic N) is 4. The van der Waals surface area contributed by atoms with Crippen molar-refractivity contribution in [1.82, 2.24) is 20.2 Å². The quantitative estimate of drug-likeness (QED) is 0.751. The van der Waals surface area contributed by atoms with Gasteiger partial charge in [0.25, 0.3) is 5.91 Å². The lowest BCUT2D eigenvalue weighted by Gasteiger charge is -2.42. The molecule has 8 heteroatoms. The van der Waals surface area contributed by atoms with E-state index in [9.17, 15) is 9.59 Å². The molecule has 2 fully saturated rings. The number of nitrogens with one attached hydrogen (secondary N) is 1. The number of hydrogen-bond acceptors (Lipinski definition) is 6. The van der Waals surface area contributed by atoms with Crippen molar-refractivity contribution in [1.29, 1.82) is 0 Å². The van der Waals surface area contributed by atoms with Crippen LogP contribution in [0.5, 0.6) is 0 Å². The molecule has 8 nitrogen and oxygen atoms in total. The minimum atomic E-state index is -0.815. The van der Waals surface area contributed by atoms with Crippen LogP contribution in [0.3, 0.4) is 0 Å². The Morgan fingerprint density at radius 3 is 2.72 bits per heavy atom. The van der Waals surface area contributed by atoms with Crippen LogP contribution in [0.1, 0.15) is 43.1 Å². The van der Waals surface area contributed by atoms with Crippen molar-refractivity contribution in [3.8, 4) is 0 Å². The summed E-state index contributed by atoms with van der Waals surface area (Å²) in [5.74, 6) is -0.382. The number of carboxylic acid groups (broad SMARTS) is 1. The summed E-state index contributed by atoms with van der Waals surface area (Å²) in [6.07, 6.45) is 5.44. The van der Waals surface area contributed by atoms with Crippen molar-refractivity contribution in [3.05, 3.63) is 18.0 Å². The summed E-state index contributed by atoms with van der Waals surface area (Å²) < 4.78 is 0. The number of carbonyl (C=O) groups is 2. The highest BCUT2D eigenvalue weighted by Gasteiger charge is 2.35. The molecule has 3 rings (SSSR count). The summed E-state index contributed by atoms with van der Waals surface area (Å²) in [5, 5.41) is 11.9. The summed E-state index contributed by atoms with van der Waals surface area (Å²) in [6.45, 7) is 4.57. The van der Waals surface area contributed by atoms with Gasteiger partial charge >= 0.3 is 5.97 Å². The number of aliphatic carboxylic acids is 1. The summed E-state index contributed by atoms with van der Waals surface area (Å²) in [6, 6.07) is 1.93. The van der Waals surface area contributed by atoms with E-state index < -0.39 is 5.97 Å². The molecule has 25 heavy (non-hydrogen) atoms. The first kappa shape index (κ1) is 17.6. The van der Waals surface area contributed by atoms with Gasteiger partial charge in [0.05, 0.1) is 6.54 Å². The van der Waals surface area contributed by atoms with Crippen LogP contribution >= 0.6 is 0 Å². The van der Waals surface area contributed by atoms with Gasteiger partial charge in [-0.2, -0.15) is 0 Å². The SMILES string of the molecule is CCN(CC(=O)O)C1CC(NC(=O)c2ccnc(N3CCCC3)n2)C1. The molecule has 1 aromatic heterocycles. The summed E-state index contributed by atoms with van der Waals surface area (Å²) in [4.78, 5) is 36.0. The number of hydrogen-bond donors (Lipinski definition) is 2. The molecule has 2 heterocycles. The zero-order chi connectivity index (χ0) is 17.8. The standard InChI is InChI=1S/C17H25N5O3/c1-2-21(11-15(23)24)13-9-12(10-13)19-16(25)14-5-6-18-17(20-14)22-7-3-4-8-22/h5-6,12-13H,2-4,7-11H2,1H3,(H,19,25)(H,23,24). The van der Waals surface area contributed by atoms with E-state index in [0.29, 0.717) is 18.2 Å². The van der Waals surface area contributed by atoms with E-state index in [1.54, 1.807) is 12.3 Å². The lowest BCUT2D eigenvalue weighted by Crippen LogP contribution is -2.54. The van der Waals surface area contributed by atoms with Gasteiger partial charge in [-0.05, 0) is 38.3 Å². The molecule has 1 aliphatic heterocycles. The number of carbonyl (C=O) groups excluding carboxylic acids is 1. The van der Waals surface area contributed by atoms with E-state index in [0.717, 1.165) is 38.8 Å². The maximum Gasteiger partial charge on any atom is 0.317 e. The molecule has 0 unspecified atom stereocenters. The van der Waals surface area contributed by atoms with Crippen molar-refractivity contribution in [3.63, 3.8) is 0 Å². The number of carboxylic acids is 1. The summed E-state index contributed by atoms with van der Waals surface area (Å²) in [7, 11) is 0. The number of likely N-dealkylation sites (N-methyl/N-ethyl adjacent to an activating group) is 1. The molecule has 2 N–H and O–H groups in total. The van der Waals surface area contributed by atoms with Gasteiger partial charge in [-0.25, -0.2) is 9.97 Å². The predicted octanol–water partition coefficient (Wildman–Crippen LogP) is 0.744. The fourth-order valence-corrected chi connectivity index (χ4v) is 3.48. The number of anilines is 1. The molecule has 1 aromatic rings. The highest BCUT2D eigenvalue weighted by Crippen LogP contribution is 2.26. The third kappa shape index (κ3) is 4.25. The van der Waals surface area contributed by atoms with E-state index in [4.69, 9.17) is 5.11 Å². The molecular weight excluding hydrogens is 322 g/mol. The van der Waals surface area contributed by atoms with Crippen molar-refractivity contribution >= 4 is 17.8 Å². The fourth-order valence-electron chi connectivity index (χ4n) is 3.48. The summed E-state index contributed by atoms with van der Waals surface area (Å²) in [5.41, 5.74) is 0.387. The number of rotatable bonds is 7. The van der Waals surface area contributed by atoms with Crippen LogP contribution < -0.4 is 10.2 Å². The van der Waals surface area contributed by atoms with Crippen molar-refractivity contribution in [2.45, 2.75) is 44.7 Å². The van der Waals surface area contributed by atoms with Gasteiger partial charge in [0.1, 0.15) is 5.69 Å². The second-order valence-corrected chi connectivity index (χ2v) is 6.69.